The molecular formula is C23H35IN4O3S. The zero-order chi connectivity index (χ0) is 22.1. The molecule has 1 aromatic heterocycles. The van der Waals surface area contributed by atoms with Gasteiger partial charge in [0, 0.05) is 18.0 Å². The first-order valence-electron chi connectivity index (χ1n) is 10.9. The second-order valence-electron chi connectivity index (χ2n) is 7.51. The van der Waals surface area contributed by atoms with E-state index in [1.54, 1.807) is 37.7 Å². The first kappa shape index (κ1) is 26.7. The van der Waals surface area contributed by atoms with Crippen LogP contribution in [0.15, 0.2) is 40.7 Å². The molecule has 0 spiro atoms. The Morgan fingerprint density at radius 3 is 2.53 bits per heavy atom. The summed E-state index contributed by atoms with van der Waals surface area (Å²) in [5, 5.41) is 19.4. The van der Waals surface area contributed by atoms with Crippen LogP contribution in [-0.2, 0) is 0 Å². The number of nitrogens with zero attached hydrogens (tertiary/aromatic N) is 2. The van der Waals surface area contributed by atoms with E-state index in [2.05, 4.69) is 33.0 Å². The smallest absolute Gasteiger partial charge is 0.191 e. The van der Waals surface area contributed by atoms with Crippen molar-refractivity contribution in [3.05, 3.63) is 46.2 Å². The van der Waals surface area contributed by atoms with Crippen molar-refractivity contribution in [1.29, 1.82) is 0 Å². The fourth-order valence-corrected chi connectivity index (χ4v) is 4.66. The van der Waals surface area contributed by atoms with Crippen molar-refractivity contribution in [3.8, 4) is 11.5 Å². The van der Waals surface area contributed by atoms with Gasteiger partial charge in [-0.25, -0.2) is 0 Å². The molecule has 1 aliphatic rings. The van der Waals surface area contributed by atoms with Crippen LogP contribution in [0.4, 0.5) is 0 Å². The molecule has 0 aliphatic carbocycles. The van der Waals surface area contributed by atoms with Crippen molar-refractivity contribution < 1.29 is 14.6 Å². The van der Waals surface area contributed by atoms with E-state index in [1.165, 1.54) is 17.7 Å². The number of halogens is 1. The fraction of sp³-hybridized carbons (Fsp3) is 0.522. The lowest BCUT2D eigenvalue weighted by Crippen LogP contribution is -2.40. The Hall–Kier alpha value is -1.56. The Labute approximate surface area is 212 Å². The van der Waals surface area contributed by atoms with Gasteiger partial charge < -0.3 is 25.2 Å². The van der Waals surface area contributed by atoms with Crippen molar-refractivity contribution >= 4 is 41.3 Å². The summed E-state index contributed by atoms with van der Waals surface area (Å²) in [6.07, 6.45) is 1.80. The molecule has 7 nitrogen and oxygen atoms in total. The van der Waals surface area contributed by atoms with Gasteiger partial charge in [-0.05, 0) is 62.0 Å². The van der Waals surface area contributed by atoms with Gasteiger partial charge in [0.05, 0.1) is 32.9 Å². The zero-order valence-corrected chi connectivity index (χ0v) is 22.2. The average molecular weight is 575 g/mol. The van der Waals surface area contributed by atoms with Crippen LogP contribution in [-0.4, -0.2) is 62.9 Å². The SMILES string of the molecule is CCNC(=NCC(c1cccs1)N1CCCC1)NCC(O)c1ccc(OC)c(OC)c1.I. The monoisotopic (exact) mass is 574 g/mol. The number of thiophene rings is 1. The minimum absolute atomic E-state index is 0. The predicted octanol–water partition coefficient (Wildman–Crippen LogP) is 3.81. The minimum atomic E-state index is -0.699. The Morgan fingerprint density at radius 1 is 1.16 bits per heavy atom. The Balaban J connectivity index is 0.00000363. The number of aliphatic hydroxyl groups excluding tert-OH is 1. The van der Waals surface area contributed by atoms with Gasteiger partial charge in [0.15, 0.2) is 17.5 Å². The highest BCUT2D eigenvalue weighted by Crippen LogP contribution is 2.30. The third-order valence-electron chi connectivity index (χ3n) is 5.47. The summed E-state index contributed by atoms with van der Waals surface area (Å²) < 4.78 is 10.6. The molecule has 1 aromatic carbocycles. The van der Waals surface area contributed by atoms with Crippen molar-refractivity contribution in [2.75, 3.05) is 46.9 Å². The molecule has 32 heavy (non-hydrogen) atoms. The van der Waals surface area contributed by atoms with E-state index in [4.69, 9.17) is 14.5 Å². The van der Waals surface area contributed by atoms with Gasteiger partial charge in [0.25, 0.3) is 0 Å². The predicted molar refractivity (Wildman–Crippen MR) is 142 cm³/mol. The number of nitrogens with one attached hydrogen (secondary N) is 2. The zero-order valence-electron chi connectivity index (χ0n) is 19.0. The van der Waals surface area contributed by atoms with Crippen LogP contribution in [0.25, 0.3) is 0 Å². The van der Waals surface area contributed by atoms with E-state index < -0.39 is 6.10 Å². The van der Waals surface area contributed by atoms with Crippen LogP contribution in [0.3, 0.4) is 0 Å². The van der Waals surface area contributed by atoms with E-state index in [0.29, 0.717) is 36.6 Å². The van der Waals surface area contributed by atoms with Crippen molar-refractivity contribution in [3.63, 3.8) is 0 Å². The Bertz CT molecular complexity index is 829. The molecule has 0 bridgehead atoms. The summed E-state index contributed by atoms with van der Waals surface area (Å²) in [4.78, 5) is 8.72. The van der Waals surface area contributed by atoms with E-state index in [0.717, 1.165) is 25.2 Å². The van der Waals surface area contributed by atoms with E-state index >= 15 is 0 Å². The molecule has 0 amide bonds. The first-order valence-corrected chi connectivity index (χ1v) is 11.7. The van der Waals surface area contributed by atoms with Gasteiger partial charge in [-0.1, -0.05) is 12.1 Å². The second-order valence-corrected chi connectivity index (χ2v) is 8.48. The molecular weight excluding hydrogens is 539 g/mol. The highest BCUT2D eigenvalue weighted by atomic mass is 127. The van der Waals surface area contributed by atoms with Gasteiger partial charge in [-0.3, -0.25) is 9.89 Å². The van der Waals surface area contributed by atoms with E-state index in [1.807, 2.05) is 13.0 Å². The number of methoxy groups -OCH3 is 2. The maximum absolute atomic E-state index is 10.7. The molecule has 2 aromatic rings. The summed E-state index contributed by atoms with van der Waals surface area (Å²) >= 11 is 1.79. The van der Waals surface area contributed by atoms with E-state index in [9.17, 15) is 5.11 Å². The van der Waals surface area contributed by atoms with Crippen molar-refractivity contribution in [1.82, 2.24) is 15.5 Å². The van der Waals surface area contributed by atoms with Gasteiger partial charge in [-0.15, -0.1) is 35.3 Å². The standard InChI is InChI=1S/C23H34N4O3S.HI/c1-4-24-23(25-15-18(22-8-7-13-31-22)27-11-5-6-12-27)26-16-19(28)17-9-10-20(29-2)21(14-17)30-3;/h7-10,13-14,18-19,28H,4-6,11-12,15-16H2,1-3H3,(H2,24,25,26);1H. The van der Waals surface area contributed by atoms with Gasteiger partial charge >= 0.3 is 0 Å². The largest absolute Gasteiger partial charge is 0.493 e. The van der Waals surface area contributed by atoms with Crippen LogP contribution < -0.4 is 20.1 Å². The lowest BCUT2D eigenvalue weighted by molar-refractivity contribution is 0.180. The molecule has 0 radical (unpaired) electrons. The van der Waals surface area contributed by atoms with Crippen LogP contribution in [0, 0.1) is 0 Å². The topological polar surface area (TPSA) is 78.4 Å². The number of guanidine groups is 1. The van der Waals surface area contributed by atoms with Gasteiger partial charge in [-0.2, -0.15) is 0 Å². The summed E-state index contributed by atoms with van der Waals surface area (Å²) in [5.41, 5.74) is 0.759. The van der Waals surface area contributed by atoms with Gasteiger partial charge in [0.2, 0.25) is 0 Å². The summed E-state index contributed by atoms with van der Waals surface area (Å²) in [7, 11) is 3.19. The third-order valence-corrected chi connectivity index (χ3v) is 6.45. The number of rotatable bonds is 10. The molecule has 0 saturated carbocycles. The number of hydrogen-bond donors (Lipinski definition) is 3. The quantitative estimate of drug-likeness (QED) is 0.228. The number of ether oxygens (including phenoxy) is 2. The number of aliphatic hydroxyl groups is 1. The summed E-state index contributed by atoms with van der Waals surface area (Å²) in [6, 6.07) is 10.1. The van der Waals surface area contributed by atoms with Crippen LogP contribution in [0.2, 0.25) is 0 Å². The molecule has 1 saturated heterocycles. The molecule has 1 fully saturated rings. The summed E-state index contributed by atoms with van der Waals surface area (Å²) in [6.45, 7) is 6.07. The molecule has 178 valence electrons. The van der Waals surface area contributed by atoms with Crippen LogP contribution >= 0.6 is 35.3 Å². The van der Waals surface area contributed by atoms with Crippen LogP contribution in [0.1, 0.15) is 42.4 Å². The molecule has 3 rings (SSSR count). The lowest BCUT2D eigenvalue weighted by atomic mass is 10.1. The van der Waals surface area contributed by atoms with E-state index in [-0.39, 0.29) is 24.0 Å². The Morgan fingerprint density at radius 2 is 1.91 bits per heavy atom. The minimum Gasteiger partial charge on any atom is -0.493 e. The Kier molecular flexibility index (Phi) is 11.6. The van der Waals surface area contributed by atoms with Gasteiger partial charge in [0.1, 0.15) is 0 Å². The number of hydrogen-bond acceptors (Lipinski definition) is 6. The maximum Gasteiger partial charge on any atom is 0.191 e. The average Bonchev–Trinajstić information content (AvgIpc) is 3.52. The first-order chi connectivity index (χ1) is 15.2. The molecule has 3 N–H and O–H groups in total. The molecule has 1 aliphatic heterocycles. The number of likely N-dealkylation sites (tertiary alicyclic amines) is 1. The maximum atomic E-state index is 10.7. The number of benzene rings is 1. The second kappa shape index (κ2) is 13.9. The lowest BCUT2D eigenvalue weighted by Gasteiger charge is -2.25. The fourth-order valence-electron chi connectivity index (χ4n) is 3.81. The molecule has 2 atom stereocenters. The molecule has 9 heteroatoms. The molecule has 2 unspecified atom stereocenters. The van der Waals surface area contributed by atoms with Crippen molar-refractivity contribution in [2.24, 2.45) is 4.99 Å². The highest BCUT2D eigenvalue weighted by Gasteiger charge is 2.24. The summed E-state index contributed by atoms with van der Waals surface area (Å²) in [5.74, 6) is 1.95. The normalized spacial score (nSPS) is 16.2. The highest BCUT2D eigenvalue weighted by molar-refractivity contribution is 14.0. The van der Waals surface area contributed by atoms with Crippen molar-refractivity contribution in [2.45, 2.75) is 31.9 Å². The third kappa shape index (κ3) is 7.23. The number of aliphatic imine (C=N–C) groups is 1. The van der Waals surface area contributed by atoms with Crippen LogP contribution in [0.5, 0.6) is 11.5 Å². The molecule has 2 heterocycles.